The molecule has 2 amide bonds. The number of rotatable bonds is 12. The standard InChI is InChI=1S/C31H31N7O7S/c1-36-27(17-32-30(40)20-8-12-21(13-9-20)38(41)42)33-34-31(36)46-18-28(39)37-25(23-6-5-7-26(44-3)29(23)45-4)16-24(35-37)19-10-14-22(43-2)15-11-19/h5-15,25H,16-18H2,1-4H3,(H,32,40). The summed E-state index contributed by atoms with van der Waals surface area (Å²) in [5, 5.41) is 28.7. The molecule has 4 aromatic rings. The number of thioether (sulfide) groups is 1. The summed E-state index contributed by atoms with van der Waals surface area (Å²) in [6.45, 7) is 0.0627. The van der Waals surface area contributed by atoms with Gasteiger partial charge in [0.15, 0.2) is 22.5 Å². The second-order valence-electron chi connectivity index (χ2n) is 10.0. The van der Waals surface area contributed by atoms with Crippen LogP contribution in [-0.2, 0) is 18.4 Å². The monoisotopic (exact) mass is 645 g/mol. The van der Waals surface area contributed by atoms with Crippen LogP contribution in [0.5, 0.6) is 17.2 Å². The number of aromatic nitrogens is 3. The van der Waals surface area contributed by atoms with Gasteiger partial charge in [-0.05, 0) is 48.0 Å². The molecule has 0 spiro atoms. The summed E-state index contributed by atoms with van der Waals surface area (Å²) in [6, 6.07) is 17.9. The van der Waals surface area contributed by atoms with Crippen molar-refractivity contribution in [3.63, 3.8) is 0 Å². The predicted molar refractivity (Wildman–Crippen MR) is 169 cm³/mol. The molecule has 0 saturated heterocycles. The number of methoxy groups -OCH3 is 3. The van der Waals surface area contributed by atoms with Crippen molar-refractivity contribution in [1.82, 2.24) is 25.1 Å². The molecule has 1 aliphatic rings. The number of nitro groups is 1. The van der Waals surface area contributed by atoms with Crippen LogP contribution in [0.2, 0.25) is 0 Å². The van der Waals surface area contributed by atoms with Crippen molar-refractivity contribution in [2.45, 2.75) is 24.2 Å². The number of nitro benzene ring substituents is 1. The maximum atomic E-state index is 13.7. The van der Waals surface area contributed by atoms with Crippen LogP contribution in [0.3, 0.4) is 0 Å². The van der Waals surface area contributed by atoms with Crippen LogP contribution in [0.1, 0.15) is 39.8 Å². The molecule has 5 rings (SSSR count). The van der Waals surface area contributed by atoms with Crippen LogP contribution in [0, 0.1) is 10.1 Å². The first-order valence-electron chi connectivity index (χ1n) is 14.0. The number of hydrazone groups is 1. The smallest absolute Gasteiger partial charge is 0.269 e. The van der Waals surface area contributed by atoms with Crippen molar-refractivity contribution in [2.24, 2.45) is 12.1 Å². The Morgan fingerprint density at radius 3 is 2.39 bits per heavy atom. The number of ether oxygens (including phenoxy) is 3. The SMILES string of the molecule is COc1ccc(C2=NN(C(=O)CSc3nnc(CNC(=O)c4ccc([N+](=O)[O-])cc4)n3C)C(c3cccc(OC)c3OC)C2)cc1. The van der Waals surface area contributed by atoms with Crippen LogP contribution in [0.15, 0.2) is 77.0 Å². The molecular formula is C31H31N7O7S. The fraction of sp³-hybridized carbons (Fsp3) is 0.258. The fourth-order valence-electron chi connectivity index (χ4n) is 4.93. The summed E-state index contributed by atoms with van der Waals surface area (Å²) in [4.78, 5) is 36.6. The van der Waals surface area contributed by atoms with Crippen LogP contribution in [0.4, 0.5) is 5.69 Å². The second-order valence-corrected chi connectivity index (χ2v) is 11.0. The minimum atomic E-state index is -0.531. The van der Waals surface area contributed by atoms with E-state index in [2.05, 4.69) is 15.5 Å². The Bertz CT molecular complexity index is 1770. The number of carbonyl (C=O) groups is 2. The molecule has 1 aliphatic heterocycles. The maximum absolute atomic E-state index is 13.7. The van der Waals surface area contributed by atoms with E-state index in [1.54, 1.807) is 39.0 Å². The van der Waals surface area contributed by atoms with Crippen LogP contribution < -0.4 is 19.5 Å². The Balaban J connectivity index is 1.30. The highest BCUT2D eigenvalue weighted by Gasteiger charge is 2.35. The third-order valence-electron chi connectivity index (χ3n) is 7.38. The van der Waals surface area contributed by atoms with Gasteiger partial charge in [0.25, 0.3) is 17.5 Å². The van der Waals surface area contributed by atoms with Crippen molar-refractivity contribution >= 4 is 35.0 Å². The lowest BCUT2D eigenvalue weighted by atomic mass is 9.97. The van der Waals surface area contributed by atoms with Gasteiger partial charge in [0.1, 0.15) is 5.75 Å². The third kappa shape index (κ3) is 6.78. The molecule has 15 heteroatoms. The Kier molecular flexibility index (Phi) is 9.81. The first-order valence-corrected chi connectivity index (χ1v) is 15.0. The number of para-hydroxylation sites is 1. The number of nitrogens with one attached hydrogen (secondary N) is 1. The zero-order valence-electron chi connectivity index (χ0n) is 25.5. The Hall–Kier alpha value is -5.44. The average Bonchev–Trinajstić information content (AvgIpc) is 3.69. The van der Waals surface area contributed by atoms with E-state index in [0.29, 0.717) is 34.7 Å². The van der Waals surface area contributed by atoms with Crippen LogP contribution >= 0.6 is 11.8 Å². The van der Waals surface area contributed by atoms with Gasteiger partial charge in [0.2, 0.25) is 0 Å². The van der Waals surface area contributed by atoms with E-state index in [0.717, 1.165) is 16.8 Å². The summed E-state index contributed by atoms with van der Waals surface area (Å²) >= 11 is 1.19. The molecule has 14 nitrogen and oxygen atoms in total. The van der Waals surface area contributed by atoms with Gasteiger partial charge in [0.05, 0.1) is 50.3 Å². The molecule has 46 heavy (non-hydrogen) atoms. The summed E-state index contributed by atoms with van der Waals surface area (Å²) in [5.41, 5.74) is 2.53. The van der Waals surface area contributed by atoms with Gasteiger partial charge >= 0.3 is 0 Å². The molecule has 1 aromatic heterocycles. The van der Waals surface area contributed by atoms with Gasteiger partial charge < -0.3 is 24.1 Å². The first kappa shape index (κ1) is 32.0. The van der Waals surface area contributed by atoms with Gasteiger partial charge in [0, 0.05) is 36.7 Å². The summed E-state index contributed by atoms with van der Waals surface area (Å²) < 4.78 is 18.2. The van der Waals surface area contributed by atoms with E-state index in [4.69, 9.17) is 19.3 Å². The fourth-order valence-corrected chi connectivity index (χ4v) is 5.71. The first-order chi connectivity index (χ1) is 22.2. The van der Waals surface area contributed by atoms with Crippen LogP contribution in [-0.4, -0.2) is 69.3 Å². The third-order valence-corrected chi connectivity index (χ3v) is 8.38. The number of carbonyl (C=O) groups excluding carboxylic acids is 2. The maximum Gasteiger partial charge on any atom is 0.269 e. The topological polar surface area (TPSA) is 163 Å². The molecular weight excluding hydrogens is 614 g/mol. The van der Waals surface area contributed by atoms with Gasteiger partial charge in [-0.25, -0.2) is 5.01 Å². The molecule has 238 valence electrons. The minimum absolute atomic E-state index is 0.0172. The number of benzene rings is 3. The van der Waals surface area contributed by atoms with E-state index in [1.807, 2.05) is 36.4 Å². The molecule has 1 atom stereocenters. The second kappa shape index (κ2) is 14.1. The quantitative estimate of drug-likeness (QED) is 0.135. The summed E-state index contributed by atoms with van der Waals surface area (Å²) in [7, 11) is 6.46. The van der Waals surface area contributed by atoms with Crippen molar-refractivity contribution < 1.29 is 28.7 Å². The number of amides is 2. The number of hydrogen-bond donors (Lipinski definition) is 1. The summed E-state index contributed by atoms with van der Waals surface area (Å²) in [6.07, 6.45) is 0.453. The molecule has 0 radical (unpaired) electrons. The molecule has 0 saturated carbocycles. The highest BCUT2D eigenvalue weighted by Crippen LogP contribution is 2.42. The lowest BCUT2D eigenvalue weighted by Crippen LogP contribution is -2.29. The largest absolute Gasteiger partial charge is 0.497 e. The molecule has 0 bridgehead atoms. The van der Waals surface area contributed by atoms with Gasteiger partial charge in [-0.1, -0.05) is 23.9 Å². The minimum Gasteiger partial charge on any atom is -0.497 e. The van der Waals surface area contributed by atoms with Crippen molar-refractivity contribution in [1.29, 1.82) is 0 Å². The van der Waals surface area contributed by atoms with E-state index >= 15 is 0 Å². The summed E-state index contributed by atoms with van der Waals surface area (Å²) in [5.74, 6) is 1.60. The predicted octanol–water partition coefficient (Wildman–Crippen LogP) is 4.15. The van der Waals surface area contributed by atoms with Crippen molar-refractivity contribution in [3.05, 3.63) is 99.4 Å². The van der Waals surface area contributed by atoms with Crippen molar-refractivity contribution in [3.8, 4) is 17.2 Å². The van der Waals surface area contributed by atoms with Crippen molar-refractivity contribution in [2.75, 3.05) is 27.1 Å². The Labute approximate surface area is 268 Å². The zero-order valence-corrected chi connectivity index (χ0v) is 26.3. The zero-order chi connectivity index (χ0) is 32.8. The Morgan fingerprint density at radius 2 is 1.74 bits per heavy atom. The molecule has 2 heterocycles. The molecule has 0 aliphatic carbocycles. The molecule has 1 N–H and O–H groups in total. The number of hydrogen-bond acceptors (Lipinski definition) is 11. The number of non-ortho nitro benzene ring substituents is 1. The van der Waals surface area contributed by atoms with Crippen LogP contribution in [0.25, 0.3) is 0 Å². The lowest BCUT2D eigenvalue weighted by Gasteiger charge is -2.24. The molecule has 0 fully saturated rings. The average molecular weight is 646 g/mol. The highest BCUT2D eigenvalue weighted by atomic mass is 32.2. The Morgan fingerprint density at radius 1 is 1.00 bits per heavy atom. The van der Waals surface area contributed by atoms with E-state index in [1.165, 1.54) is 41.0 Å². The lowest BCUT2D eigenvalue weighted by molar-refractivity contribution is -0.384. The van der Waals surface area contributed by atoms with E-state index in [-0.39, 0.29) is 29.5 Å². The normalized spacial score (nSPS) is 14.0. The van der Waals surface area contributed by atoms with E-state index < -0.39 is 16.9 Å². The number of nitrogens with zero attached hydrogens (tertiary/aromatic N) is 6. The van der Waals surface area contributed by atoms with E-state index in [9.17, 15) is 19.7 Å². The van der Waals surface area contributed by atoms with Gasteiger partial charge in [-0.15, -0.1) is 10.2 Å². The van der Waals surface area contributed by atoms with Gasteiger partial charge in [-0.2, -0.15) is 5.10 Å². The highest BCUT2D eigenvalue weighted by molar-refractivity contribution is 7.99. The molecule has 1 unspecified atom stereocenters. The van der Waals surface area contributed by atoms with Gasteiger partial charge in [-0.3, -0.25) is 19.7 Å². The molecule has 3 aromatic carbocycles.